The molecule has 0 radical (unpaired) electrons. The van der Waals surface area contributed by atoms with Gasteiger partial charge in [0.05, 0.1) is 25.3 Å². The van der Waals surface area contributed by atoms with Gasteiger partial charge in [0.2, 0.25) is 0 Å². The molecule has 1 fully saturated rings. The Bertz CT molecular complexity index is 623. The average molecular weight is 306 g/mol. The van der Waals surface area contributed by atoms with E-state index in [0.717, 1.165) is 35.1 Å². The highest BCUT2D eigenvalue weighted by Crippen LogP contribution is 2.26. The lowest BCUT2D eigenvalue weighted by atomic mass is 9.98. The van der Waals surface area contributed by atoms with Crippen molar-refractivity contribution in [3.05, 3.63) is 35.0 Å². The van der Waals surface area contributed by atoms with Gasteiger partial charge in [-0.3, -0.25) is 0 Å². The lowest BCUT2D eigenvalue weighted by molar-refractivity contribution is 0.0168. The van der Waals surface area contributed by atoms with Gasteiger partial charge in [0.15, 0.2) is 0 Å². The largest absolute Gasteiger partial charge is 0.497 e. The number of hydrogen-bond acceptors (Lipinski definition) is 3. The standard InChI is InChI=1S/C17H20ClNO2/c1-20-15-8-7-12-9-13(17(18)19-16(12)10-15)11-21-14-5-3-2-4-6-14/h7-10,14H,2-6,11H2,1H3. The first-order chi connectivity index (χ1) is 10.3. The van der Waals surface area contributed by atoms with Crippen LogP contribution in [0.2, 0.25) is 5.15 Å². The lowest BCUT2D eigenvalue weighted by Gasteiger charge is -2.22. The number of fused-ring (bicyclic) bond motifs is 1. The molecule has 1 aliphatic rings. The van der Waals surface area contributed by atoms with Crippen LogP contribution in [0.15, 0.2) is 24.3 Å². The van der Waals surface area contributed by atoms with Crippen molar-refractivity contribution < 1.29 is 9.47 Å². The van der Waals surface area contributed by atoms with E-state index in [1.165, 1.54) is 19.3 Å². The smallest absolute Gasteiger partial charge is 0.135 e. The van der Waals surface area contributed by atoms with E-state index in [-0.39, 0.29) is 0 Å². The van der Waals surface area contributed by atoms with Crippen molar-refractivity contribution in [2.24, 2.45) is 0 Å². The second kappa shape index (κ2) is 6.63. The molecular formula is C17H20ClNO2. The predicted octanol–water partition coefficient (Wildman–Crippen LogP) is 4.75. The molecule has 1 heterocycles. The van der Waals surface area contributed by atoms with Gasteiger partial charge >= 0.3 is 0 Å². The van der Waals surface area contributed by atoms with Gasteiger partial charge in [0.1, 0.15) is 10.9 Å². The third-order valence-electron chi connectivity index (χ3n) is 4.08. The van der Waals surface area contributed by atoms with E-state index < -0.39 is 0 Å². The topological polar surface area (TPSA) is 31.4 Å². The quantitative estimate of drug-likeness (QED) is 0.764. The number of benzene rings is 1. The summed E-state index contributed by atoms with van der Waals surface area (Å²) >= 11 is 6.28. The van der Waals surface area contributed by atoms with Crippen molar-refractivity contribution in [3.8, 4) is 5.75 Å². The zero-order valence-corrected chi connectivity index (χ0v) is 13.0. The van der Waals surface area contributed by atoms with Crippen molar-refractivity contribution in [2.45, 2.75) is 44.8 Å². The molecule has 4 heteroatoms. The zero-order valence-electron chi connectivity index (χ0n) is 12.3. The van der Waals surface area contributed by atoms with Crippen molar-refractivity contribution in [3.63, 3.8) is 0 Å². The molecule has 3 nitrogen and oxygen atoms in total. The van der Waals surface area contributed by atoms with Gasteiger partial charge in [-0.2, -0.15) is 0 Å². The third kappa shape index (κ3) is 3.47. The van der Waals surface area contributed by atoms with Crippen LogP contribution in [0.3, 0.4) is 0 Å². The Morgan fingerprint density at radius 3 is 2.76 bits per heavy atom. The number of pyridine rings is 1. The third-order valence-corrected chi connectivity index (χ3v) is 4.40. The van der Waals surface area contributed by atoms with Crippen molar-refractivity contribution >= 4 is 22.5 Å². The molecule has 21 heavy (non-hydrogen) atoms. The van der Waals surface area contributed by atoms with E-state index in [4.69, 9.17) is 21.1 Å². The number of halogens is 1. The normalized spacial score (nSPS) is 16.3. The van der Waals surface area contributed by atoms with E-state index in [2.05, 4.69) is 11.1 Å². The number of aromatic nitrogens is 1. The van der Waals surface area contributed by atoms with Crippen molar-refractivity contribution in [1.82, 2.24) is 4.98 Å². The number of methoxy groups -OCH3 is 1. The molecule has 0 saturated heterocycles. The molecule has 1 aromatic heterocycles. The van der Waals surface area contributed by atoms with Crippen LogP contribution in [0, 0.1) is 0 Å². The van der Waals surface area contributed by atoms with Gasteiger partial charge < -0.3 is 9.47 Å². The van der Waals surface area contributed by atoms with Gasteiger partial charge in [-0.05, 0) is 31.0 Å². The highest BCUT2D eigenvalue weighted by atomic mass is 35.5. The van der Waals surface area contributed by atoms with Gasteiger partial charge in [-0.25, -0.2) is 4.98 Å². The summed E-state index contributed by atoms with van der Waals surface area (Å²) in [5.41, 5.74) is 1.81. The molecule has 0 bridgehead atoms. The molecule has 0 aliphatic heterocycles. The predicted molar refractivity (Wildman–Crippen MR) is 85.0 cm³/mol. The molecule has 2 aromatic rings. The summed E-state index contributed by atoms with van der Waals surface area (Å²) in [6.07, 6.45) is 6.58. The molecule has 0 atom stereocenters. The minimum absolute atomic E-state index is 0.376. The van der Waals surface area contributed by atoms with E-state index in [1.807, 2.05) is 18.2 Å². The van der Waals surface area contributed by atoms with E-state index >= 15 is 0 Å². The maximum Gasteiger partial charge on any atom is 0.135 e. The minimum Gasteiger partial charge on any atom is -0.497 e. The summed E-state index contributed by atoms with van der Waals surface area (Å²) in [6, 6.07) is 7.89. The molecule has 0 unspecified atom stereocenters. The highest BCUT2D eigenvalue weighted by Gasteiger charge is 2.15. The summed E-state index contributed by atoms with van der Waals surface area (Å²) in [5, 5.41) is 1.58. The molecule has 112 valence electrons. The fraction of sp³-hybridized carbons (Fsp3) is 0.471. The molecular weight excluding hydrogens is 286 g/mol. The molecule has 1 saturated carbocycles. The molecule has 3 rings (SSSR count). The van der Waals surface area contributed by atoms with Crippen LogP contribution in [0.1, 0.15) is 37.7 Å². The summed E-state index contributed by atoms with van der Waals surface area (Å²) in [4.78, 5) is 4.45. The van der Waals surface area contributed by atoms with Crippen molar-refractivity contribution in [1.29, 1.82) is 0 Å². The maximum absolute atomic E-state index is 6.28. The highest BCUT2D eigenvalue weighted by molar-refractivity contribution is 6.30. The Morgan fingerprint density at radius 2 is 2.00 bits per heavy atom. The van der Waals surface area contributed by atoms with Crippen LogP contribution in [0.5, 0.6) is 5.75 Å². The Labute approximate surface area is 130 Å². The second-order valence-electron chi connectivity index (χ2n) is 5.57. The van der Waals surface area contributed by atoms with Crippen LogP contribution >= 0.6 is 11.6 Å². The summed E-state index contributed by atoms with van der Waals surface area (Å²) in [5.74, 6) is 0.789. The summed E-state index contributed by atoms with van der Waals surface area (Å²) in [6.45, 7) is 0.540. The fourth-order valence-corrected chi connectivity index (χ4v) is 3.03. The van der Waals surface area contributed by atoms with Crippen LogP contribution in [0.4, 0.5) is 0 Å². The maximum atomic E-state index is 6.28. The van der Waals surface area contributed by atoms with Crippen molar-refractivity contribution in [2.75, 3.05) is 7.11 Å². The molecule has 1 aromatic carbocycles. The Hall–Kier alpha value is -1.32. The first-order valence-corrected chi connectivity index (χ1v) is 7.89. The monoisotopic (exact) mass is 305 g/mol. The minimum atomic E-state index is 0.376. The second-order valence-corrected chi connectivity index (χ2v) is 5.93. The van der Waals surface area contributed by atoms with Crippen LogP contribution < -0.4 is 4.74 Å². The zero-order chi connectivity index (χ0) is 14.7. The van der Waals surface area contributed by atoms with E-state index in [9.17, 15) is 0 Å². The number of rotatable bonds is 4. The molecule has 1 aliphatic carbocycles. The van der Waals surface area contributed by atoms with E-state index in [0.29, 0.717) is 17.9 Å². The SMILES string of the molecule is COc1ccc2cc(COC3CCCCC3)c(Cl)nc2c1. The van der Waals surface area contributed by atoms with Crippen LogP contribution in [-0.2, 0) is 11.3 Å². The van der Waals surface area contributed by atoms with Gasteiger partial charge in [0.25, 0.3) is 0 Å². The summed E-state index contributed by atoms with van der Waals surface area (Å²) < 4.78 is 11.2. The average Bonchev–Trinajstić information content (AvgIpc) is 2.53. The van der Waals surface area contributed by atoms with E-state index in [1.54, 1.807) is 7.11 Å². The number of hydrogen-bond donors (Lipinski definition) is 0. The van der Waals surface area contributed by atoms with Crippen LogP contribution in [-0.4, -0.2) is 18.2 Å². The van der Waals surface area contributed by atoms with Gasteiger partial charge in [0, 0.05) is 17.0 Å². The lowest BCUT2D eigenvalue weighted by Crippen LogP contribution is -2.16. The first-order valence-electron chi connectivity index (χ1n) is 7.51. The molecule has 0 amide bonds. The first kappa shape index (κ1) is 14.6. The molecule has 0 N–H and O–H groups in total. The van der Waals surface area contributed by atoms with Crippen LogP contribution in [0.25, 0.3) is 10.9 Å². The van der Waals surface area contributed by atoms with Gasteiger partial charge in [-0.15, -0.1) is 0 Å². The Kier molecular flexibility index (Phi) is 4.61. The summed E-state index contributed by atoms with van der Waals surface area (Å²) in [7, 11) is 1.65. The fourth-order valence-electron chi connectivity index (χ4n) is 2.83. The van der Waals surface area contributed by atoms with Gasteiger partial charge in [-0.1, -0.05) is 30.9 Å². The molecule has 0 spiro atoms. The Morgan fingerprint density at radius 1 is 1.19 bits per heavy atom. The Balaban J connectivity index is 1.77. The number of ether oxygens (including phenoxy) is 2. The number of nitrogens with zero attached hydrogens (tertiary/aromatic N) is 1.